The van der Waals surface area contributed by atoms with E-state index in [-0.39, 0.29) is 12.3 Å². The Kier molecular flexibility index (Phi) is 5.71. The SMILES string of the molecule is CCOC(=O)C(=[N+]=[N-])[C@H](OC)N(C)C. The fourth-order valence-electron chi connectivity index (χ4n) is 0.963. The Morgan fingerprint density at radius 1 is 1.57 bits per heavy atom. The Balaban J connectivity index is 4.71. The molecule has 0 amide bonds. The van der Waals surface area contributed by atoms with Gasteiger partial charge >= 0.3 is 11.7 Å². The fourth-order valence-corrected chi connectivity index (χ4v) is 0.963. The third-order valence-corrected chi connectivity index (χ3v) is 1.52. The summed E-state index contributed by atoms with van der Waals surface area (Å²) in [4.78, 5) is 15.7. The quantitative estimate of drug-likeness (QED) is 0.202. The fraction of sp³-hybridized carbons (Fsp3) is 0.750. The van der Waals surface area contributed by atoms with E-state index in [0.29, 0.717) is 0 Å². The molecule has 0 aliphatic heterocycles. The van der Waals surface area contributed by atoms with Crippen molar-refractivity contribution in [2.24, 2.45) is 0 Å². The third kappa shape index (κ3) is 3.26. The van der Waals surface area contributed by atoms with Gasteiger partial charge in [0.05, 0.1) is 6.61 Å². The molecule has 0 N–H and O–H groups in total. The molecule has 80 valence electrons. The average molecular weight is 201 g/mol. The molecule has 0 saturated carbocycles. The smallest absolute Gasteiger partial charge is 0.421 e. The summed E-state index contributed by atoms with van der Waals surface area (Å²) in [6.45, 7) is 1.89. The molecule has 6 heteroatoms. The van der Waals surface area contributed by atoms with Crippen LogP contribution in [-0.2, 0) is 14.3 Å². The van der Waals surface area contributed by atoms with Gasteiger partial charge in [-0.3, -0.25) is 4.90 Å². The normalized spacial score (nSPS) is 12.1. The van der Waals surface area contributed by atoms with Gasteiger partial charge in [0, 0.05) is 7.11 Å². The molecule has 0 aliphatic carbocycles. The largest absolute Gasteiger partial charge is 0.457 e. The van der Waals surface area contributed by atoms with Crippen LogP contribution in [0, 0.1) is 0 Å². The zero-order chi connectivity index (χ0) is 11.1. The van der Waals surface area contributed by atoms with Crippen molar-refractivity contribution < 1.29 is 19.1 Å². The van der Waals surface area contributed by atoms with Crippen molar-refractivity contribution in [1.82, 2.24) is 4.90 Å². The minimum Gasteiger partial charge on any atom is -0.457 e. The Labute approximate surface area is 83.0 Å². The Morgan fingerprint density at radius 2 is 2.14 bits per heavy atom. The zero-order valence-corrected chi connectivity index (χ0v) is 8.85. The second-order valence-corrected chi connectivity index (χ2v) is 2.76. The molecule has 0 aliphatic rings. The first-order chi connectivity index (χ1) is 6.58. The summed E-state index contributed by atoms with van der Waals surface area (Å²) in [5, 5.41) is 0. The van der Waals surface area contributed by atoms with Crippen LogP contribution in [0.2, 0.25) is 0 Å². The molecule has 0 bridgehead atoms. The van der Waals surface area contributed by atoms with Crippen LogP contribution in [0.25, 0.3) is 5.53 Å². The van der Waals surface area contributed by atoms with Gasteiger partial charge in [0.2, 0.25) is 6.23 Å². The van der Waals surface area contributed by atoms with Crippen LogP contribution in [0.5, 0.6) is 0 Å². The third-order valence-electron chi connectivity index (χ3n) is 1.52. The highest BCUT2D eigenvalue weighted by molar-refractivity contribution is 6.35. The van der Waals surface area contributed by atoms with E-state index in [1.54, 1.807) is 25.9 Å². The van der Waals surface area contributed by atoms with E-state index in [1.807, 2.05) is 0 Å². The molecule has 0 rings (SSSR count). The highest BCUT2D eigenvalue weighted by Gasteiger charge is 2.34. The minimum atomic E-state index is -0.709. The van der Waals surface area contributed by atoms with Gasteiger partial charge in [-0.25, -0.2) is 4.79 Å². The van der Waals surface area contributed by atoms with Crippen molar-refractivity contribution in [1.29, 1.82) is 0 Å². The highest BCUT2D eigenvalue weighted by Crippen LogP contribution is 1.98. The van der Waals surface area contributed by atoms with Crippen LogP contribution >= 0.6 is 0 Å². The first-order valence-corrected chi connectivity index (χ1v) is 4.16. The lowest BCUT2D eigenvalue weighted by Crippen LogP contribution is -2.42. The van der Waals surface area contributed by atoms with Crippen molar-refractivity contribution in [3.63, 3.8) is 0 Å². The second kappa shape index (κ2) is 6.26. The van der Waals surface area contributed by atoms with Crippen molar-refractivity contribution in [3.05, 3.63) is 5.53 Å². The van der Waals surface area contributed by atoms with E-state index in [9.17, 15) is 4.79 Å². The van der Waals surface area contributed by atoms with E-state index in [4.69, 9.17) is 15.0 Å². The van der Waals surface area contributed by atoms with Crippen LogP contribution < -0.4 is 0 Å². The maximum atomic E-state index is 11.3. The minimum absolute atomic E-state index is 0.167. The molecule has 14 heavy (non-hydrogen) atoms. The number of carbonyl (C=O) groups is 1. The molecule has 0 aromatic heterocycles. The predicted octanol–water partition coefficient (Wildman–Crippen LogP) is -0.246. The molecule has 0 radical (unpaired) electrons. The standard InChI is InChI=1S/C8H15N3O3/c1-5-14-8(12)6(10-9)7(13-4)11(2)3/h7H,5H2,1-4H3/t7-/m0/s1. The number of rotatable bonds is 5. The summed E-state index contributed by atoms with van der Waals surface area (Å²) in [7, 11) is 4.80. The van der Waals surface area contributed by atoms with Crippen molar-refractivity contribution in [2.45, 2.75) is 13.2 Å². The summed E-state index contributed by atoms with van der Waals surface area (Å²) in [6.07, 6.45) is -0.709. The summed E-state index contributed by atoms with van der Waals surface area (Å²) in [5.74, 6) is -0.685. The monoisotopic (exact) mass is 201 g/mol. The van der Waals surface area contributed by atoms with Gasteiger partial charge in [-0.05, 0) is 21.0 Å². The zero-order valence-electron chi connectivity index (χ0n) is 8.85. The average Bonchev–Trinajstić information content (AvgIpc) is 2.13. The Hall–Kier alpha value is -1.23. The topological polar surface area (TPSA) is 75.2 Å². The lowest BCUT2D eigenvalue weighted by molar-refractivity contribution is -0.143. The van der Waals surface area contributed by atoms with E-state index >= 15 is 0 Å². The van der Waals surface area contributed by atoms with E-state index in [1.165, 1.54) is 7.11 Å². The molecule has 0 heterocycles. The van der Waals surface area contributed by atoms with Gasteiger partial charge < -0.3 is 15.0 Å². The van der Waals surface area contributed by atoms with Gasteiger partial charge in [-0.15, -0.1) is 0 Å². The molecular weight excluding hydrogens is 186 g/mol. The van der Waals surface area contributed by atoms with Crippen LogP contribution in [0.3, 0.4) is 0 Å². The summed E-state index contributed by atoms with van der Waals surface area (Å²) < 4.78 is 9.66. The molecule has 0 aromatic carbocycles. The number of nitrogens with zero attached hydrogens (tertiary/aromatic N) is 3. The molecule has 0 spiro atoms. The van der Waals surface area contributed by atoms with Crippen LogP contribution in [-0.4, -0.2) is 55.4 Å². The Bertz CT molecular complexity index is 246. The molecule has 0 saturated heterocycles. The molecule has 0 aromatic rings. The highest BCUT2D eigenvalue weighted by atomic mass is 16.5. The van der Waals surface area contributed by atoms with Crippen LogP contribution in [0.15, 0.2) is 0 Å². The number of methoxy groups -OCH3 is 1. The summed E-state index contributed by atoms with van der Waals surface area (Å²) >= 11 is 0. The number of hydrogen-bond acceptors (Lipinski definition) is 4. The van der Waals surface area contributed by atoms with E-state index < -0.39 is 12.2 Å². The molecule has 1 atom stereocenters. The summed E-state index contributed by atoms with van der Waals surface area (Å²) in [6, 6.07) is 0. The molecule has 0 unspecified atom stereocenters. The van der Waals surface area contributed by atoms with Gasteiger partial charge in [-0.2, -0.15) is 4.79 Å². The van der Waals surface area contributed by atoms with E-state index in [2.05, 4.69) is 4.79 Å². The molecule has 6 nitrogen and oxygen atoms in total. The summed E-state index contributed by atoms with van der Waals surface area (Å²) in [5.41, 5.74) is 8.49. The van der Waals surface area contributed by atoms with Gasteiger partial charge in [0.15, 0.2) is 0 Å². The lowest BCUT2D eigenvalue weighted by Gasteiger charge is -2.17. The maximum Gasteiger partial charge on any atom is 0.421 e. The molecular formula is C8H15N3O3. The lowest BCUT2D eigenvalue weighted by atomic mass is 10.3. The van der Waals surface area contributed by atoms with Gasteiger partial charge in [0.25, 0.3) is 0 Å². The van der Waals surface area contributed by atoms with Crippen molar-refractivity contribution in [3.8, 4) is 0 Å². The van der Waals surface area contributed by atoms with Gasteiger partial charge in [-0.1, -0.05) is 0 Å². The van der Waals surface area contributed by atoms with Crippen molar-refractivity contribution in [2.75, 3.05) is 27.8 Å². The predicted molar refractivity (Wildman–Crippen MR) is 49.7 cm³/mol. The van der Waals surface area contributed by atoms with Gasteiger partial charge in [0.1, 0.15) is 0 Å². The van der Waals surface area contributed by atoms with Crippen LogP contribution in [0.1, 0.15) is 6.92 Å². The number of esters is 1. The second-order valence-electron chi connectivity index (χ2n) is 2.76. The van der Waals surface area contributed by atoms with Crippen LogP contribution in [0.4, 0.5) is 0 Å². The number of carbonyl (C=O) groups excluding carboxylic acids is 1. The number of ether oxygens (including phenoxy) is 2. The first kappa shape index (κ1) is 12.8. The molecule has 0 fully saturated rings. The first-order valence-electron chi connectivity index (χ1n) is 4.16. The Morgan fingerprint density at radius 3 is 2.43 bits per heavy atom. The van der Waals surface area contributed by atoms with Crippen molar-refractivity contribution >= 4 is 11.7 Å². The maximum absolute atomic E-state index is 11.3. The number of hydrogen-bond donors (Lipinski definition) is 0. The van der Waals surface area contributed by atoms with E-state index in [0.717, 1.165) is 0 Å².